The number of benzene rings is 1. The molecule has 0 aliphatic rings. The molecule has 66 valence electrons. The molecule has 1 nitrogen and oxygen atoms in total. The second kappa shape index (κ2) is 2.98. The third-order valence-corrected chi connectivity index (χ3v) is 2.13. The summed E-state index contributed by atoms with van der Waals surface area (Å²) in [4.78, 5) is 0. The molecule has 0 fully saturated rings. The average Bonchev–Trinajstić information content (AvgIpc) is 1.92. The molecule has 2 heteroatoms. The Kier molecular flexibility index (Phi) is 2.34. The normalized spacial score (nSPS) is 11.7. The molecular weight excluding hydrogens is 170 g/mol. The van der Waals surface area contributed by atoms with Gasteiger partial charge in [0, 0.05) is 10.7 Å². The second-order valence-corrected chi connectivity index (χ2v) is 4.40. The van der Waals surface area contributed by atoms with E-state index in [1.807, 2.05) is 18.2 Å². The topological polar surface area (TPSA) is 26.0 Å². The first-order valence-corrected chi connectivity index (χ1v) is 4.34. The summed E-state index contributed by atoms with van der Waals surface area (Å²) in [5, 5.41) is 0.789. The first kappa shape index (κ1) is 9.40. The first-order chi connectivity index (χ1) is 5.41. The molecule has 2 N–H and O–H groups in total. The maximum absolute atomic E-state index is 6.03. The Labute approximate surface area is 78.5 Å². The predicted octanol–water partition coefficient (Wildman–Crippen LogP) is 3.22. The van der Waals surface area contributed by atoms with E-state index >= 15 is 0 Å². The van der Waals surface area contributed by atoms with Gasteiger partial charge in [0.05, 0.1) is 0 Å². The zero-order valence-corrected chi connectivity index (χ0v) is 8.44. The van der Waals surface area contributed by atoms with E-state index < -0.39 is 0 Å². The molecule has 0 saturated carbocycles. The molecule has 1 aromatic rings. The lowest BCUT2D eigenvalue weighted by atomic mass is 9.87. The SMILES string of the molecule is CC(C)(C)c1cc(N)ccc1Cl. The molecule has 1 rings (SSSR count). The van der Waals surface area contributed by atoms with Crippen LogP contribution in [-0.4, -0.2) is 0 Å². The highest BCUT2D eigenvalue weighted by atomic mass is 35.5. The van der Waals surface area contributed by atoms with E-state index in [-0.39, 0.29) is 5.41 Å². The molecule has 0 unspecified atom stereocenters. The number of rotatable bonds is 0. The summed E-state index contributed by atoms with van der Waals surface area (Å²) in [6, 6.07) is 5.59. The molecule has 0 heterocycles. The molecular formula is C10H14ClN. The number of nitrogens with two attached hydrogens (primary N) is 1. The van der Waals surface area contributed by atoms with Crippen molar-refractivity contribution < 1.29 is 0 Å². The molecule has 0 aliphatic carbocycles. The van der Waals surface area contributed by atoms with Crippen LogP contribution < -0.4 is 5.73 Å². The van der Waals surface area contributed by atoms with E-state index in [4.69, 9.17) is 17.3 Å². The van der Waals surface area contributed by atoms with Crippen molar-refractivity contribution in [2.45, 2.75) is 26.2 Å². The Morgan fingerprint density at radius 2 is 1.83 bits per heavy atom. The fourth-order valence-corrected chi connectivity index (χ4v) is 1.52. The van der Waals surface area contributed by atoms with Crippen LogP contribution in [0.25, 0.3) is 0 Å². The maximum atomic E-state index is 6.03. The summed E-state index contributed by atoms with van der Waals surface area (Å²) >= 11 is 6.03. The molecule has 0 atom stereocenters. The van der Waals surface area contributed by atoms with Gasteiger partial charge in [-0.25, -0.2) is 0 Å². The largest absolute Gasteiger partial charge is 0.399 e. The Morgan fingerprint density at radius 1 is 1.25 bits per heavy atom. The lowest BCUT2D eigenvalue weighted by Gasteiger charge is -2.20. The Hall–Kier alpha value is -0.690. The van der Waals surface area contributed by atoms with Gasteiger partial charge >= 0.3 is 0 Å². The zero-order chi connectivity index (χ0) is 9.35. The summed E-state index contributed by atoms with van der Waals surface area (Å²) < 4.78 is 0. The zero-order valence-electron chi connectivity index (χ0n) is 7.69. The molecule has 0 aliphatic heterocycles. The highest BCUT2D eigenvalue weighted by Gasteiger charge is 2.16. The van der Waals surface area contributed by atoms with Crippen LogP contribution in [-0.2, 0) is 5.41 Å². The van der Waals surface area contributed by atoms with Gasteiger partial charge in [-0.3, -0.25) is 0 Å². The third kappa shape index (κ3) is 1.92. The standard InChI is InChI=1S/C10H14ClN/c1-10(2,3)8-6-7(12)4-5-9(8)11/h4-6H,12H2,1-3H3. The fourth-order valence-electron chi connectivity index (χ4n) is 1.12. The van der Waals surface area contributed by atoms with Crippen molar-refractivity contribution in [1.29, 1.82) is 0 Å². The minimum atomic E-state index is 0.0620. The molecule has 0 bridgehead atoms. The second-order valence-electron chi connectivity index (χ2n) is 3.99. The number of halogens is 1. The van der Waals surface area contributed by atoms with Crippen LogP contribution in [0.4, 0.5) is 5.69 Å². The van der Waals surface area contributed by atoms with Gasteiger partial charge in [0.15, 0.2) is 0 Å². The summed E-state index contributed by atoms with van der Waals surface area (Å²) in [6.45, 7) is 6.36. The molecule has 1 aromatic carbocycles. The Morgan fingerprint density at radius 3 is 2.25 bits per heavy atom. The van der Waals surface area contributed by atoms with E-state index in [0.717, 1.165) is 16.3 Å². The highest BCUT2D eigenvalue weighted by Crippen LogP contribution is 2.30. The molecule has 0 amide bonds. The minimum Gasteiger partial charge on any atom is -0.399 e. The fraction of sp³-hybridized carbons (Fsp3) is 0.400. The number of anilines is 1. The monoisotopic (exact) mass is 183 g/mol. The van der Waals surface area contributed by atoms with Gasteiger partial charge < -0.3 is 5.73 Å². The minimum absolute atomic E-state index is 0.0620. The van der Waals surface area contributed by atoms with Crippen molar-refractivity contribution in [2.24, 2.45) is 0 Å². The summed E-state index contributed by atoms with van der Waals surface area (Å²) in [5.74, 6) is 0. The van der Waals surface area contributed by atoms with Gasteiger partial charge in [0.25, 0.3) is 0 Å². The quantitative estimate of drug-likeness (QED) is 0.615. The van der Waals surface area contributed by atoms with Gasteiger partial charge in [-0.15, -0.1) is 0 Å². The summed E-state index contributed by atoms with van der Waals surface area (Å²) in [5.41, 5.74) is 7.60. The van der Waals surface area contributed by atoms with E-state index in [1.165, 1.54) is 0 Å². The smallest absolute Gasteiger partial charge is 0.0444 e. The van der Waals surface area contributed by atoms with E-state index in [2.05, 4.69) is 20.8 Å². The molecule has 0 radical (unpaired) electrons. The molecule has 0 spiro atoms. The van der Waals surface area contributed by atoms with E-state index in [9.17, 15) is 0 Å². The van der Waals surface area contributed by atoms with E-state index in [1.54, 1.807) is 0 Å². The number of hydrogen-bond acceptors (Lipinski definition) is 1. The predicted molar refractivity (Wildman–Crippen MR) is 54.6 cm³/mol. The Balaban J connectivity index is 3.23. The lowest BCUT2D eigenvalue weighted by molar-refractivity contribution is 0.591. The highest BCUT2D eigenvalue weighted by molar-refractivity contribution is 6.31. The van der Waals surface area contributed by atoms with Crippen molar-refractivity contribution in [1.82, 2.24) is 0 Å². The van der Waals surface area contributed by atoms with Crippen LogP contribution in [0, 0.1) is 0 Å². The lowest BCUT2D eigenvalue weighted by Crippen LogP contribution is -2.12. The van der Waals surface area contributed by atoms with Crippen LogP contribution in [0.5, 0.6) is 0 Å². The molecule has 0 aromatic heterocycles. The average molecular weight is 184 g/mol. The summed E-state index contributed by atoms with van der Waals surface area (Å²) in [7, 11) is 0. The van der Waals surface area contributed by atoms with E-state index in [0.29, 0.717) is 0 Å². The molecule has 12 heavy (non-hydrogen) atoms. The van der Waals surface area contributed by atoms with Crippen LogP contribution in [0.2, 0.25) is 5.02 Å². The van der Waals surface area contributed by atoms with Gasteiger partial charge in [-0.05, 0) is 29.2 Å². The first-order valence-electron chi connectivity index (χ1n) is 3.97. The van der Waals surface area contributed by atoms with Crippen molar-refractivity contribution in [3.63, 3.8) is 0 Å². The van der Waals surface area contributed by atoms with Crippen LogP contribution in [0.1, 0.15) is 26.3 Å². The van der Waals surface area contributed by atoms with Gasteiger partial charge in [0.1, 0.15) is 0 Å². The van der Waals surface area contributed by atoms with Crippen molar-refractivity contribution in [2.75, 3.05) is 5.73 Å². The van der Waals surface area contributed by atoms with Gasteiger partial charge in [0.2, 0.25) is 0 Å². The van der Waals surface area contributed by atoms with Crippen LogP contribution in [0.15, 0.2) is 18.2 Å². The molecule has 0 saturated heterocycles. The summed E-state index contributed by atoms with van der Waals surface area (Å²) in [6.07, 6.45) is 0. The Bertz CT molecular complexity index is 286. The van der Waals surface area contributed by atoms with Crippen LogP contribution >= 0.6 is 11.6 Å². The van der Waals surface area contributed by atoms with Gasteiger partial charge in [-0.1, -0.05) is 32.4 Å². The van der Waals surface area contributed by atoms with Crippen molar-refractivity contribution >= 4 is 17.3 Å². The number of hydrogen-bond donors (Lipinski definition) is 1. The van der Waals surface area contributed by atoms with Crippen molar-refractivity contribution in [3.8, 4) is 0 Å². The van der Waals surface area contributed by atoms with Crippen LogP contribution in [0.3, 0.4) is 0 Å². The maximum Gasteiger partial charge on any atom is 0.0444 e. The number of nitrogen functional groups attached to an aromatic ring is 1. The van der Waals surface area contributed by atoms with Crippen molar-refractivity contribution in [3.05, 3.63) is 28.8 Å². The third-order valence-electron chi connectivity index (χ3n) is 1.80. The van der Waals surface area contributed by atoms with Gasteiger partial charge in [-0.2, -0.15) is 0 Å².